The molecule has 3 rings (SSSR count). The summed E-state index contributed by atoms with van der Waals surface area (Å²) >= 11 is 3.28. The van der Waals surface area contributed by atoms with E-state index in [1.165, 1.54) is 28.8 Å². The number of nitro groups is 1. The van der Waals surface area contributed by atoms with E-state index in [0.717, 1.165) is 4.47 Å². The Morgan fingerprint density at radius 3 is 2.55 bits per heavy atom. The summed E-state index contributed by atoms with van der Waals surface area (Å²) in [5.74, 6) is 0.193. The van der Waals surface area contributed by atoms with Gasteiger partial charge in [0.25, 0.3) is 11.3 Å². The van der Waals surface area contributed by atoms with Gasteiger partial charge in [0, 0.05) is 22.7 Å². The smallest absolute Gasteiger partial charge is 0.355 e. The fourth-order valence-electron chi connectivity index (χ4n) is 1.85. The van der Waals surface area contributed by atoms with Crippen LogP contribution in [0.3, 0.4) is 0 Å². The second kappa shape index (κ2) is 4.57. The second-order valence-corrected chi connectivity index (χ2v) is 4.98. The van der Waals surface area contributed by atoms with Crippen molar-refractivity contribution in [1.82, 2.24) is 9.50 Å². The van der Waals surface area contributed by atoms with Crippen LogP contribution in [-0.4, -0.2) is 14.4 Å². The fraction of sp³-hybridized carbons (Fsp3) is 0. The number of non-ortho nitro benzene ring substituents is 1. The number of hydrogen-bond acceptors (Lipinski definition) is 4. The number of hydrogen-bond donors (Lipinski definition) is 0. The zero-order valence-corrected chi connectivity index (χ0v) is 11.5. The molecule has 2 heterocycles. The van der Waals surface area contributed by atoms with Gasteiger partial charge in [0.15, 0.2) is 0 Å². The molecule has 3 aromatic rings. The molecular formula is C12H7BrN4O3. The third-order valence-electron chi connectivity index (χ3n) is 2.81. The number of pyridine rings is 1. The lowest BCUT2D eigenvalue weighted by atomic mass is 10.2. The molecule has 1 aromatic carbocycles. The molecule has 0 amide bonds. The van der Waals surface area contributed by atoms with E-state index in [0.29, 0.717) is 16.1 Å². The molecule has 0 aliphatic carbocycles. The molecule has 0 saturated carbocycles. The molecule has 0 bridgehead atoms. The molecule has 7 nitrogen and oxygen atoms in total. The first kappa shape index (κ1) is 12.5. The van der Waals surface area contributed by atoms with Gasteiger partial charge in [-0.15, -0.1) is 9.36 Å². The molecule has 0 radical (unpaired) electrons. The molecule has 0 aliphatic rings. The van der Waals surface area contributed by atoms with Gasteiger partial charge in [-0.05, 0) is 39.1 Å². The summed E-state index contributed by atoms with van der Waals surface area (Å²) in [7, 11) is 0. The molecule has 20 heavy (non-hydrogen) atoms. The molecule has 0 aliphatic heterocycles. The maximum atomic E-state index is 12.2. The van der Waals surface area contributed by atoms with Gasteiger partial charge >= 0.3 is 5.82 Å². The topological polar surface area (TPSA) is 87.4 Å². The van der Waals surface area contributed by atoms with Crippen molar-refractivity contribution in [1.29, 1.82) is 0 Å². The number of rotatable bonds is 2. The van der Waals surface area contributed by atoms with Crippen LogP contribution in [0.25, 0.3) is 17.0 Å². The Kier molecular flexibility index (Phi) is 2.87. The van der Waals surface area contributed by atoms with E-state index >= 15 is 0 Å². The number of nitrogens with zero attached hydrogens (tertiary/aromatic N) is 4. The third kappa shape index (κ3) is 1.99. The SMILES string of the molecule is O=[N+]([O-])c1ccc(-c2nc3ccc(Br)cn3[n+]2[O-])cc1. The van der Waals surface area contributed by atoms with Crippen molar-refractivity contribution in [2.45, 2.75) is 0 Å². The van der Waals surface area contributed by atoms with Crippen LogP contribution >= 0.6 is 15.9 Å². The average Bonchev–Trinajstić information content (AvgIpc) is 2.76. The Hall–Kier alpha value is -2.48. The number of aromatic nitrogens is 3. The summed E-state index contributed by atoms with van der Waals surface area (Å²) in [6, 6.07) is 9.17. The molecule has 0 fully saturated rings. The van der Waals surface area contributed by atoms with E-state index in [-0.39, 0.29) is 11.5 Å². The van der Waals surface area contributed by atoms with Gasteiger partial charge in [-0.1, -0.05) is 0 Å². The minimum atomic E-state index is -0.490. The predicted octanol–water partition coefficient (Wildman–Crippen LogP) is 2.31. The number of benzene rings is 1. The van der Waals surface area contributed by atoms with Gasteiger partial charge in [-0.25, -0.2) is 0 Å². The second-order valence-electron chi connectivity index (χ2n) is 4.06. The lowest BCUT2D eigenvalue weighted by Crippen LogP contribution is -2.34. The number of fused-ring (bicyclic) bond motifs is 1. The van der Waals surface area contributed by atoms with Crippen molar-refractivity contribution in [2.24, 2.45) is 0 Å². The zero-order valence-electron chi connectivity index (χ0n) is 9.93. The van der Waals surface area contributed by atoms with E-state index in [4.69, 9.17) is 0 Å². The van der Waals surface area contributed by atoms with Crippen molar-refractivity contribution >= 4 is 27.3 Å². The summed E-state index contributed by atoms with van der Waals surface area (Å²) in [5.41, 5.74) is 0.986. The van der Waals surface area contributed by atoms with Crippen molar-refractivity contribution in [3.05, 3.63) is 62.4 Å². The monoisotopic (exact) mass is 334 g/mol. The molecule has 2 aromatic heterocycles. The highest BCUT2D eigenvalue weighted by Crippen LogP contribution is 2.20. The third-order valence-corrected chi connectivity index (χ3v) is 3.27. The summed E-state index contributed by atoms with van der Waals surface area (Å²) in [4.78, 5) is 15.0. The van der Waals surface area contributed by atoms with Crippen LogP contribution in [0.1, 0.15) is 0 Å². The Balaban J connectivity index is 2.14. The average molecular weight is 335 g/mol. The maximum Gasteiger partial charge on any atom is 0.355 e. The Morgan fingerprint density at radius 1 is 1.20 bits per heavy atom. The summed E-state index contributed by atoms with van der Waals surface area (Å²) in [6.07, 6.45) is 1.60. The van der Waals surface area contributed by atoms with Gasteiger partial charge in [-0.2, -0.15) is 0 Å². The van der Waals surface area contributed by atoms with Crippen LogP contribution in [0.2, 0.25) is 0 Å². The first-order valence-electron chi connectivity index (χ1n) is 5.58. The van der Waals surface area contributed by atoms with Gasteiger partial charge in [0.05, 0.1) is 16.7 Å². The molecule has 100 valence electrons. The standard InChI is InChI=1S/C12H7BrN4O3/c13-9-3-6-11-14-12(16(18)15(11)7-9)8-1-4-10(5-2-8)17(19)20/h1-7H. The van der Waals surface area contributed by atoms with E-state index in [1.807, 2.05) is 0 Å². The van der Waals surface area contributed by atoms with Gasteiger partial charge in [-0.3, -0.25) is 10.1 Å². The van der Waals surface area contributed by atoms with E-state index < -0.39 is 4.92 Å². The highest BCUT2D eigenvalue weighted by Gasteiger charge is 2.19. The van der Waals surface area contributed by atoms with Crippen LogP contribution in [0, 0.1) is 15.3 Å². The Bertz CT molecular complexity index is 813. The molecular weight excluding hydrogens is 328 g/mol. The van der Waals surface area contributed by atoms with E-state index in [9.17, 15) is 15.3 Å². The Labute approximate surface area is 120 Å². The fourth-order valence-corrected chi connectivity index (χ4v) is 2.18. The summed E-state index contributed by atoms with van der Waals surface area (Å²) in [5, 5.41) is 22.8. The molecule has 0 saturated heterocycles. The summed E-state index contributed by atoms with van der Waals surface area (Å²) in [6.45, 7) is 0. The molecule has 8 heteroatoms. The Morgan fingerprint density at radius 2 is 1.90 bits per heavy atom. The van der Waals surface area contributed by atoms with Crippen molar-refractivity contribution in [3.8, 4) is 11.4 Å². The van der Waals surface area contributed by atoms with Gasteiger partial charge in [0.2, 0.25) is 0 Å². The number of nitro benzene ring substituents is 1. The van der Waals surface area contributed by atoms with Crippen LogP contribution < -0.4 is 4.85 Å². The largest absolute Gasteiger partial charge is 0.692 e. The van der Waals surface area contributed by atoms with Crippen LogP contribution in [0.4, 0.5) is 5.69 Å². The lowest BCUT2D eigenvalue weighted by Gasteiger charge is -2.02. The van der Waals surface area contributed by atoms with Crippen molar-refractivity contribution in [2.75, 3.05) is 0 Å². The lowest BCUT2D eigenvalue weighted by molar-refractivity contribution is -0.667. The minimum absolute atomic E-state index is 0.0299. The van der Waals surface area contributed by atoms with Crippen LogP contribution in [-0.2, 0) is 0 Å². The molecule has 0 atom stereocenters. The minimum Gasteiger partial charge on any atom is -0.692 e. The highest BCUT2D eigenvalue weighted by molar-refractivity contribution is 9.10. The maximum absolute atomic E-state index is 12.2. The molecule has 0 N–H and O–H groups in total. The number of halogens is 1. The van der Waals surface area contributed by atoms with Crippen molar-refractivity contribution < 1.29 is 9.77 Å². The van der Waals surface area contributed by atoms with E-state index in [2.05, 4.69) is 20.9 Å². The first-order chi connectivity index (χ1) is 9.56. The normalized spacial score (nSPS) is 10.8. The van der Waals surface area contributed by atoms with Crippen LogP contribution in [0.5, 0.6) is 0 Å². The van der Waals surface area contributed by atoms with Gasteiger partial charge in [0.1, 0.15) is 0 Å². The summed E-state index contributed by atoms with van der Waals surface area (Å²) < 4.78 is 2.10. The highest BCUT2D eigenvalue weighted by atomic mass is 79.9. The van der Waals surface area contributed by atoms with Crippen LogP contribution in [0.15, 0.2) is 47.1 Å². The zero-order chi connectivity index (χ0) is 14.3. The molecule has 0 spiro atoms. The predicted molar refractivity (Wildman–Crippen MR) is 73.9 cm³/mol. The van der Waals surface area contributed by atoms with E-state index in [1.54, 1.807) is 18.3 Å². The molecule has 0 unspecified atom stereocenters. The van der Waals surface area contributed by atoms with Crippen molar-refractivity contribution in [3.63, 3.8) is 0 Å². The van der Waals surface area contributed by atoms with Gasteiger partial charge < -0.3 is 5.21 Å². The first-order valence-corrected chi connectivity index (χ1v) is 6.38. The quantitative estimate of drug-likeness (QED) is 0.311.